The number of ether oxygens (including phenoxy) is 4. The first-order chi connectivity index (χ1) is 13.1. The Kier molecular flexibility index (Phi) is 10.7. The number of hydrogen-bond donors (Lipinski definition) is 0. The van der Waals surface area contributed by atoms with Crippen LogP contribution < -0.4 is 0 Å². The van der Waals surface area contributed by atoms with E-state index in [-0.39, 0.29) is 31.4 Å². The maximum atomic E-state index is 12.1. The van der Waals surface area contributed by atoms with Crippen LogP contribution in [-0.4, -0.2) is 65.4 Å². The van der Waals surface area contributed by atoms with Crippen LogP contribution in [0.5, 0.6) is 0 Å². The minimum atomic E-state index is -3.33. The third-order valence-corrected chi connectivity index (χ3v) is 5.19. The number of benzene rings is 1. The molecular formula is C20H32O7S. The highest BCUT2D eigenvalue weighted by Gasteiger charge is 2.16. The molecule has 0 heterocycles. The van der Waals surface area contributed by atoms with Crippen molar-refractivity contribution in [1.29, 1.82) is 0 Å². The summed E-state index contributed by atoms with van der Waals surface area (Å²) in [5, 5.41) is 0. The predicted molar refractivity (Wildman–Crippen MR) is 106 cm³/mol. The molecule has 0 aliphatic carbocycles. The monoisotopic (exact) mass is 416 g/mol. The minimum Gasteiger partial charge on any atom is -0.460 e. The first-order valence-corrected chi connectivity index (χ1v) is 11.0. The van der Waals surface area contributed by atoms with E-state index in [1.54, 1.807) is 24.3 Å². The molecule has 0 aliphatic rings. The van der Waals surface area contributed by atoms with Crippen molar-refractivity contribution in [1.82, 2.24) is 0 Å². The summed E-state index contributed by atoms with van der Waals surface area (Å²) in [5.74, 6) is -0.355. The van der Waals surface area contributed by atoms with Gasteiger partial charge in [0.25, 0.3) is 0 Å². The van der Waals surface area contributed by atoms with Gasteiger partial charge in [-0.1, -0.05) is 17.7 Å². The first-order valence-electron chi connectivity index (χ1n) is 9.35. The van der Waals surface area contributed by atoms with E-state index in [1.807, 2.05) is 27.7 Å². The lowest BCUT2D eigenvalue weighted by molar-refractivity contribution is -0.156. The third-order valence-electron chi connectivity index (χ3n) is 3.49. The second-order valence-corrected chi connectivity index (χ2v) is 9.41. The predicted octanol–water partition coefficient (Wildman–Crippen LogP) is 2.55. The fourth-order valence-corrected chi connectivity index (χ4v) is 3.25. The smallest absolute Gasteiger partial charge is 0.308 e. The first kappa shape index (κ1) is 24.6. The molecule has 0 fully saturated rings. The maximum Gasteiger partial charge on any atom is 0.308 e. The Balaban J connectivity index is 1.99. The zero-order valence-electron chi connectivity index (χ0n) is 17.2. The molecule has 28 heavy (non-hydrogen) atoms. The number of sulfone groups is 1. The van der Waals surface area contributed by atoms with Gasteiger partial charge in [0.05, 0.1) is 56.7 Å². The summed E-state index contributed by atoms with van der Waals surface area (Å²) in [6.07, 6.45) is 0.204. The summed E-state index contributed by atoms with van der Waals surface area (Å²) in [6, 6.07) is 6.77. The normalized spacial score (nSPS) is 12.1. The molecule has 0 saturated heterocycles. The second kappa shape index (κ2) is 12.2. The number of carbonyl (C=O) groups is 1. The van der Waals surface area contributed by atoms with Gasteiger partial charge >= 0.3 is 5.97 Å². The molecular weight excluding hydrogens is 384 g/mol. The zero-order valence-corrected chi connectivity index (χ0v) is 18.0. The van der Waals surface area contributed by atoms with Crippen molar-refractivity contribution in [2.24, 2.45) is 0 Å². The van der Waals surface area contributed by atoms with Crippen LogP contribution in [-0.2, 0) is 33.6 Å². The van der Waals surface area contributed by atoms with Gasteiger partial charge in [-0.05, 0) is 39.8 Å². The lowest BCUT2D eigenvalue weighted by Crippen LogP contribution is -2.24. The van der Waals surface area contributed by atoms with E-state index >= 15 is 0 Å². The molecule has 1 aromatic rings. The van der Waals surface area contributed by atoms with Gasteiger partial charge in [-0.25, -0.2) is 8.42 Å². The highest BCUT2D eigenvalue weighted by Crippen LogP contribution is 2.12. The SMILES string of the molecule is Cc1ccc(S(=O)(=O)CCOCCOCCOCCC(=O)OC(C)(C)C)cc1. The fraction of sp³-hybridized carbons (Fsp3) is 0.650. The molecule has 0 spiro atoms. The standard InChI is InChI=1S/C20H32O7S/c1-17-5-7-18(8-6-17)28(22,23)16-15-26-14-13-25-12-11-24-10-9-19(21)27-20(2,3)4/h5-8H,9-16H2,1-4H3. The van der Waals surface area contributed by atoms with E-state index in [1.165, 1.54) is 0 Å². The van der Waals surface area contributed by atoms with E-state index in [0.29, 0.717) is 31.3 Å². The summed E-state index contributed by atoms with van der Waals surface area (Å²) < 4.78 is 45.4. The third kappa shape index (κ3) is 11.4. The van der Waals surface area contributed by atoms with Gasteiger partial charge in [-0.15, -0.1) is 0 Å². The number of aryl methyl sites for hydroxylation is 1. The van der Waals surface area contributed by atoms with Gasteiger partial charge < -0.3 is 18.9 Å². The molecule has 1 rings (SSSR count). The molecule has 8 heteroatoms. The van der Waals surface area contributed by atoms with E-state index in [4.69, 9.17) is 18.9 Å². The Bertz CT molecular complexity index is 676. The van der Waals surface area contributed by atoms with E-state index in [9.17, 15) is 13.2 Å². The Morgan fingerprint density at radius 1 is 0.857 bits per heavy atom. The fourth-order valence-electron chi connectivity index (χ4n) is 2.12. The molecule has 0 atom stereocenters. The molecule has 0 bridgehead atoms. The molecule has 0 N–H and O–H groups in total. The Morgan fingerprint density at radius 2 is 1.36 bits per heavy atom. The van der Waals surface area contributed by atoms with Gasteiger partial charge in [-0.3, -0.25) is 4.79 Å². The van der Waals surface area contributed by atoms with E-state index in [2.05, 4.69) is 0 Å². The highest BCUT2D eigenvalue weighted by atomic mass is 32.2. The van der Waals surface area contributed by atoms with Crippen molar-refractivity contribution < 1.29 is 32.2 Å². The number of carbonyl (C=O) groups excluding carboxylic acids is 1. The van der Waals surface area contributed by atoms with Crippen LogP contribution in [0.25, 0.3) is 0 Å². The molecule has 0 aliphatic heterocycles. The summed E-state index contributed by atoms with van der Waals surface area (Å²) in [7, 11) is -3.33. The second-order valence-electron chi connectivity index (χ2n) is 7.31. The summed E-state index contributed by atoms with van der Waals surface area (Å²) >= 11 is 0. The van der Waals surface area contributed by atoms with Gasteiger partial charge in [0.15, 0.2) is 9.84 Å². The van der Waals surface area contributed by atoms with Crippen LogP contribution in [0.15, 0.2) is 29.2 Å². The summed E-state index contributed by atoms with van der Waals surface area (Å²) in [6.45, 7) is 9.16. The van der Waals surface area contributed by atoms with Crippen molar-refractivity contribution in [2.75, 3.05) is 45.4 Å². The topological polar surface area (TPSA) is 88.1 Å². The molecule has 160 valence electrons. The zero-order chi connectivity index (χ0) is 21.0. The molecule has 0 saturated carbocycles. The van der Waals surface area contributed by atoms with Crippen LogP contribution in [0, 0.1) is 6.92 Å². The van der Waals surface area contributed by atoms with Crippen molar-refractivity contribution in [3.8, 4) is 0 Å². The highest BCUT2D eigenvalue weighted by molar-refractivity contribution is 7.91. The lowest BCUT2D eigenvalue weighted by atomic mass is 10.2. The van der Waals surface area contributed by atoms with Crippen LogP contribution >= 0.6 is 0 Å². The number of hydrogen-bond acceptors (Lipinski definition) is 7. The Labute approximate surface area is 168 Å². The van der Waals surface area contributed by atoms with Crippen molar-refractivity contribution in [2.45, 2.75) is 44.6 Å². The van der Waals surface area contributed by atoms with Gasteiger partial charge in [0.2, 0.25) is 0 Å². The lowest BCUT2D eigenvalue weighted by Gasteiger charge is -2.19. The molecule has 7 nitrogen and oxygen atoms in total. The molecule has 0 aromatic heterocycles. The van der Waals surface area contributed by atoms with Crippen molar-refractivity contribution in [3.05, 3.63) is 29.8 Å². The largest absolute Gasteiger partial charge is 0.460 e. The molecule has 0 unspecified atom stereocenters. The van der Waals surface area contributed by atoms with Crippen LogP contribution in [0.2, 0.25) is 0 Å². The summed E-state index contributed by atoms with van der Waals surface area (Å²) in [4.78, 5) is 11.8. The van der Waals surface area contributed by atoms with Gasteiger partial charge in [0, 0.05) is 0 Å². The maximum absolute atomic E-state index is 12.1. The summed E-state index contributed by atoms with van der Waals surface area (Å²) in [5.41, 5.74) is 0.529. The van der Waals surface area contributed by atoms with Crippen LogP contribution in [0.4, 0.5) is 0 Å². The van der Waals surface area contributed by atoms with Crippen molar-refractivity contribution >= 4 is 15.8 Å². The van der Waals surface area contributed by atoms with Crippen LogP contribution in [0.1, 0.15) is 32.8 Å². The Morgan fingerprint density at radius 3 is 1.89 bits per heavy atom. The Hall–Kier alpha value is -1.48. The van der Waals surface area contributed by atoms with Gasteiger partial charge in [0.1, 0.15) is 5.60 Å². The van der Waals surface area contributed by atoms with Crippen LogP contribution in [0.3, 0.4) is 0 Å². The number of esters is 1. The average Bonchev–Trinajstić information content (AvgIpc) is 2.58. The van der Waals surface area contributed by atoms with E-state index in [0.717, 1.165) is 5.56 Å². The minimum absolute atomic E-state index is 0.0656. The molecule has 0 amide bonds. The molecule has 0 radical (unpaired) electrons. The van der Waals surface area contributed by atoms with E-state index < -0.39 is 15.4 Å². The average molecular weight is 417 g/mol. The van der Waals surface area contributed by atoms with Gasteiger partial charge in [-0.2, -0.15) is 0 Å². The quantitative estimate of drug-likeness (QED) is 0.361. The van der Waals surface area contributed by atoms with Crippen molar-refractivity contribution in [3.63, 3.8) is 0 Å². The number of rotatable bonds is 13. The molecule has 1 aromatic carbocycles.